The van der Waals surface area contributed by atoms with Crippen LogP contribution in [0.3, 0.4) is 0 Å². The van der Waals surface area contributed by atoms with E-state index in [-0.39, 0.29) is 6.09 Å². The van der Waals surface area contributed by atoms with Gasteiger partial charge in [0.05, 0.1) is 6.10 Å². The van der Waals surface area contributed by atoms with E-state index in [2.05, 4.69) is 4.90 Å². The largest absolute Gasteiger partial charge is 0.492 e. The number of aliphatic hydroxyl groups excluding tert-OH is 1. The van der Waals surface area contributed by atoms with E-state index in [1.165, 1.54) is 0 Å². The quantitative estimate of drug-likeness (QED) is 0.612. The summed E-state index contributed by atoms with van der Waals surface area (Å²) in [5, 5.41) is 10.2. The number of unbranched alkanes of at least 4 members (excludes halogenated alkanes) is 1. The van der Waals surface area contributed by atoms with Crippen molar-refractivity contribution in [3.8, 4) is 5.75 Å². The number of carbonyl (C=O) groups is 1. The van der Waals surface area contributed by atoms with Gasteiger partial charge in [-0.2, -0.15) is 0 Å². The number of carbonyl (C=O) groups excluding carboxylic acids is 1. The molecule has 1 aliphatic heterocycles. The van der Waals surface area contributed by atoms with E-state index in [0.717, 1.165) is 50.2 Å². The van der Waals surface area contributed by atoms with Gasteiger partial charge >= 0.3 is 6.09 Å². The lowest BCUT2D eigenvalue weighted by atomic mass is 10.0. The summed E-state index contributed by atoms with van der Waals surface area (Å²) in [6.45, 7) is 10.7. The Labute approximate surface area is 174 Å². The number of nitrogens with zero attached hydrogens (tertiary/aromatic N) is 2. The molecule has 1 aromatic carbocycles. The van der Waals surface area contributed by atoms with Crippen molar-refractivity contribution in [2.45, 2.75) is 51.7 Å². The molecule has 0 aromatic heterocycles. The van der Waals surface area contributed by atoms with E-state index < -0.39 is 11.7 Å². The van der Waals surface area contributed by atoms with E-state index in [9.17, 15) is 9.90 Å². The van der Waals surface area contributed by atoms with Gasteiger partial charge in [0.1, 0.15) is 18.0 Å². The standard InChI is InChI=1S/C22H37N3O4/c1-22(2,3)29-21(27)25-14-12-24(13-15-25)16-17-28-19-9-7-18(8-10-19)20(26)6-4-5-11-23/h7-10,20,26H,4-6,11-17,23H2,1-3H3. The molecule has 1 saturated heterocycles. The highest BCUT2D eigenvalue weighted by molar-refractivity contribution is 5.68. The van der Waals surface area contributed by atoms with Crippen molar-refractivity contribution >= 4 is 6.09 Å². The zero-order valence-corrected chi connectivity index (χ0v) is 18.1. The molecule has 29 heavy (non-hydrogen) atoms. The second kappa shape index (κ2) is 11.4. The van der Waals surface area contributed by atoms with E-state index >= 15 is 0 Å². The molecule has 3 N–H and O–H groups in total. The number of hydrogen-bond acceptors (Lipinski definition) is 6. The molecule has 164 valence electrons. The maximum Gasteiger partial charge on any atom is 0.410 e. The number of piperazine rings is 1. The number of aliphatic hydroxyl groups is 1. The summed E-state index contributed by atoms with van der Waals surface area (Å²) in [5.74, 6) is 0.801. The molecule has 1 aliphatic rings. The fraction of sp³-hybridized carbons (Fsp3) is 0.682. The Hall–Kier alpha value is -1.83. The molecule has 1 aromatic rings. The van der Waals surface area contributed by atoms with Crippen LogP contribution in [-0.2, 0) is 4.74 Å². The number of nitrogens with two attached hydrogens (primary N) is 1. The summed E-state index contributed by atoms with van der Waals surface area (Å²) in [6, 6.07) is 7.65. The average molecular weight is 408 g/mol. The van der Waals surface area contributed by atoms with Crippen LogP contribution in [0.4, 0.5) is 4.79 Å². The molecule has 7 nitrogen and oxygen atoms in total. The van der Waals surface area contributed by atoms with Crippen LogP contribution in [0.15, 0.2) is 24.3 Å². The highest BCUT2D eigenvalue weighted by atomic mass is 16.6. The van der Waals surface area contributed by atoms with Crippen molar-refractivity contribution in [3.63, 3.8) is 0 Å². The van der Waals surface area contributed by atoms with Crippen LogP contribution < -0.4 is 10.5 Å². The minimum atomic E-state index is -0.460. The van der Waals surface area contributed by atoms with Gasteiger partial charge in [-0.05, 0) is 64.3 Å². The second-order valence-corrected chi connectivity index (χ2v) is 8.53. The van der Waals surface area contributed by atoms with Gasteiger partial charge in [-0.3, -0.25) is 4.90 Å². The van der Waals surface area contributed by atoms with Crippen LogP contribution >= 0.6 is 0 Å². The van der Waals surface area contributed by atoms with Crippen LogP contribution in [-0.4, -0.2) is 72.5 Å². The monoisotopic (exact) mass is 407 g/mol. The summed E-state index contributed by atoms with van der Waals surface area (Å²) < 4.78 is 11.3. The van der Waals surface area contributed by atoms with Crippen LogP contribution in [0.1, 0.15) is 51.7 Å². The molecule has 1 unspecified atom stereocenters. The first-order chi connectivity index (χ1) is 13.8. The van der Waals surface area contributed by atoms with E-state index in [4.69, 9.17) is 15.2 Å². The zero-order valence-electron chi connectivity index (χ0n) is 18.1. The molecule has 1 fully saturated rings. The van der Waals surface area contributed by atoms with Crippen LogP contribution in [0.5, 0.6) is 5.75 Å². The fourth-order valence-electron chi connectivity index (χ4n) is 3.21. The van der Waals surface area contributed by atoms with Gasteiger partial charge in [0.15, 0.2) is 0 Å². The molecule has 1 atom stereocenters. The molecule has 0 aliphatic carbocycles. The number of ether oxygens (including phenoxy) is 2. The lowest BCUT2D eigenvalue weighted by molar-refractivity contribution is 0.0137. The highest BCUT2D eigenvalue weighted by Crippen LogP contribution is 2.22. The van der Waals surface area contributed by atoms with Gasteiger partial charge in [-0.15, -0.1) is 0 Å². The topological polar surface area (TPSA) is 88.3 Å². The minimum Gasteiger partial charge on any atom is -0.492 e. The second-order valence-electron chi connectivity index (χ2n) is 8.53. The number of rotatable bonds is 9. The van der Waals surface area contributed by atoms with Gasteiger partial charge in [-0.1, -0.05) is 12.1 Å². The Balaban J connectivity index is 1.66. The van der Waals surface area contributed by atoms with Crippen LogP contribution in [0.25, 0.3) is 0 Å². The lowest BCUT2D eigenvalue weighted by Gasteiger charge is -2.35. The van der Waals surface area contributed by atoms with Crippen molar-refractivity contribution < 1.29 is 19.4 Å². The summed E-state index contributed by atoms with van der Waals surface area (Å²) in [5.41, 5.74) is 5.94. The molecule has 1 amide bonds. The van der Waals surface area contributed by atoms with Gasteiger partial charge < -0.3 is 25.2 Å². The third-order valence-corrected chi connectivity index (χ3v) is 4.90. The normalized spacial score (nSPS) is 16.5. The smallest absolute Gasteiger partial charge is 0.410 e. The Kier molecular flexibility index (Phi) is 9.20. The first-order valence-electron chi connectivity index (χ1n) is 10.6. The maximum atomic E-state index is 12.1. The summed E-state index contributed by atoms with van der Waals surface area (Å²) in [7, 11) is 0. The Morgan fingerprint density at radius 2 is 1.79 bits per heavy atom. The Bertz CT molecular complexity index is 607. The number of benzene rings is 1. The van der Waals surface area contributed by atoms with Crippen LogP contribution in [0, 0.1) is 0 Å². The van der Waals surface area contributed by atoms with Crippen molar-refractivity contribution in [2.24, 2.45) is 5.73 Å². The van der Waals surface area contributed by atoms with Gasteiger partial charge in [0, 0.05) is 32.7 Å². The molecular formula is C22H37N3O4. The SMILES string of the molecule is CC(C)(C)OC(=O)N1CCN(CCOc2ccc(C(O)CCCCN)cc2)CC1. The van der Waals surface area contributed by atoms with Crippen LogP contribution in [0.2, 0.25) is 0 Å². The lowest BCUT2D eigenvalue weighted by Crippen LogP contribution is -2.50. The van der Waals surface area contributed by atoms with Crippen molar-refractivity contribution in [2.75, 3.05) is 45.9 Å². The summed E-state index contributed by atoms with van der Waals surface area (Å²) in [6.07, 6.45) is 1.91. The van der Waals surface area contributed by atoms with Gasteiger partial charge in [0.25, 0.3) is 0 Å². The summed E-state index contributed by atoms with van der Waals surface area (Å²) in [4.78, 5) is 16.2. The van der Waals surface area contributed by atoms with Crippen molar-refractivity contribution in [1.29, 1.82) is 0 Å². The molecule has 0 bridgehead atoms. The van der Waals surface area contributed by atoms with Gasteiger partial charge in [0.2, 0.25) is 0 Å². The van der Waals surface area contributed by atoms with E-state index in [1.54, 1.807) is 4.90 Å². The molecule has 0 spiro atoms. The first-order valence-corrected chi connectivity index (χ1v) is 10.6. The predicted molar refractivity (Wildman–Crippen MR) is 114 cm³/mol. The van der Waals surface area contributed by atoms with E-state index in [0.29, 0.717) is 26.2 Å². The third kappa shape index (κ3) is 8.60. The highest BCUT2D eigenvalue weighted by Gasteiger charge is 2.25. The average Bonchev–Trinajstić information content (AvgIpc) is 2.68. The molecule has 2 rings (SSSR count). The van der Waals surface area contributed by atoms with Gasteiger partial charge in [-0.25, -0.2) is 4.79 Å². The Morgan fingerprint density at radius 1 is 1.14 bits per heavy atom. The minimum absolute atomic E-state index is 0.237. The maximum absolute atomic E-state index is 12.1. The molecule has 1 heterocycles. The molecule has 7 heteroatoms. The fourth-order valence-corrected chi connectivity index (χ4v) is 3.21. The summed E-state index contributed by atoms with van der Waals surface area (Å²) >= 11 is 0. The first kappa shape index (κ1) is 23.4. The van der Waals surface area contributed by atoms with Crippen molar-refractivity contribution in [3.05, 3.63) is 29.8 Å². The predicted octanol–water partition coefficient (Wildman–Crippen LogP) is 2.78. The van der Waals surface area contributed by atoms with Crippen molar-refractivity contribution in [1.82, 2.24) is 9.80 Å². The van der Waals surface area contributed by atoms with E-state index in [1.807, 2.05) is 45.0 Å². The Morgan fingerprint density at radius 3 is 2.38 bits per heavy atom. The number of hydrogen-bond donors (Lipinski definition) is 2. The number of amides is 1. The molecule has 0 radical (unpaired) electrons. The zero-order chi connectivity index (χ0) is 21.3. The molecule has 0 saturated carbocycles. The third-order valence-electron chi connectivity index (χ3n) is 4.90. The molecular weight excluding hydrogens is 370 g/mol.